The second-order valence-corrected chi connectivity index (χ2v) is 5.23. The minimum Gasteiger partial charge on any atom is -0.481 e. The molecule has 0 unspecified atom stereocenters. The molecule has 1 fully saturated rings. The third-order valence-corrected chi connectivity index (χ3v) is 3.82. The van der Waals surface area contributed by atoms with Gasteiger partial charge < -0.3 is 10.0 Å². The lowest BCUT2D eigenvalue weighted by molar-refractivity contribution is -0.136. The Morgan fingerprint density at radius 1 is 1.58 bits per heavy atom. The van der Waals surface area contributed by atoms with Crippen molar-refractivity contribution in [2.75, 3.05) is 11.4 Å². The molecule has 0 aromatic heterocycles. The van der Waals surface area contributed by atoms with E-state index in [4.69, 9.17) is 10.4 Å². The molecule has 0 spiro atoms. The lowest BCUT2D eigenvalue weighted by atomic mass is 10.2. The van der Waals surface area contributed by atoms with Gasteiger partial charge in [-0.1, -0.05) is 0 Å². The standard InChI is InChI=1S/C13H12BrFN2O2/c14-12-8(7-16)1-4-10(13(12)15)17(9-2-3-9)6-5-11(18)19/h1,4,9H,2-3,5-6H2,(H,18,19). The molecule has 1 saturated carbocycles. The molecule has 6 heteroatoms. The molecule has 0 atom stereocenters. The first-order valence-electron chi connectivity index (χ1n) is 5.91. The van der Waals surface area contributed by atoms with Gasteiger partial charge in [0.05, 0.1) is 22.1 Å². The summed E-state index contributed by atoms with van der Waals surface area (Å²) in [6.07, 6.45) is 1.85. The van der Waals surface area contributed by atoms with Crippen LogP contribution in [-0.2, 0) is 4.79 Å². The summed E-state index contributed by atoms with van der Waals surface area (Å²) in [7, 11) is 0. The summed E-state index contributed by atoms with van der Waals surface area (Å²) in [5, 5.41) is 17.6. The van der Waals surface area contributed by atoms with E-state index in [2.05, 4.69) is 15.9 Å². The van der Waals surface area contributed by atoms with E-state index >= 15 is 0 Å². The van der Waals surface area contributed by atoms with Crippen LogP contribution in [0.25, 0.3) is 0 Å². The predicted molar refractivity (Wildman–Crippen MR) is 71.4 cm³/mol. The fraction of sp³-hybridized carbons (Fsp3) is 0.385. The van der Waals surface area contributed by atoms with E-state index in [0.717, 1.165) is 12.8 Å². The quantitative estimate of drug-likeness (QED) is 0.903. The number of carboxylic acid groups (broad SMARTS) is 1. The topological polar surface area (TPSA) is 64.3 Å². The van der Waals surface area contributed by atoms with Crippen molar-refractivity contribution in [2.45, 2.75) is 25.3 Å². The summed E-state index contributed by atoms with van der Waals surface area (Å²) in [5.41, 5.74) is 0.588. The lowest BCUT2D eigenvalue weighted by Crippen LogP contribution is -2.29. The summed E-state index contributed by atoms with van der Waals surface area (Å²) in [6, 6.07) is 5.18. The van der Waals surface area contributed by atoms with Gasteiger partial charge in [-0.25, -0.2) is 4.39 Å². The van der Waals surface area contributed by atoms with Gasteiger partial charge in [0, 0.05) is 12.6 Å². The molecule has 1 aromatic rings. The lowest BCUT2D eigenvalue weighted by Gasteiger charge is -2.25. The maximum atomic E-state index is 14.2. The number of aliphatic carboxylic acids is 1. The zero-order chi connectivity index (χ0) is 14.0. The van der Waals surface area contributed by atoms with Gasteiger partial charge in [0.1, 0.15) is 6.07 Å². The van der Waals surface area contributed by atoms with Crippen LogP contribution >= 0.6 is 15.9 Å². The second kappa shape index (κ2) is 5.57. The zero-order valence-corrected chi connectivity index (χ0v) is 11.7. The van der Waals surface area contributed by atoms with Crippen LogP contribution in [-0.4, -0.2) is 23.7 Å². The number of carbonyl (C=O) groups is 1. The third kappa shape index (κ3) is 3.04. The second-order valence-electron chi connectivity index (χ2n) is 4.44. The Hall–Kier alpha value is -1.61. The van der Waals surface area contributed by atoms with Gasteiger partial charge in [0.25, 0.3) is 0 Å². The first kappa shape index (κ1) is 13.8. The highest BCUT2D eigenvalue weighted by Gasteiger charge is 2.31. The molecule has 0 aliphatic heterocycles. The molecule has 1 aromatic carbocycles. The van der Waals surface area contributed by atoms with Gasteiger partial charge in [-0.15, -0.1) is 0 Å². The maximum absolute atomic E-state index is 14.2. The molecule has 19 heavy (non-hydrogen) atoms. The number of anilines is 1. The van der Waals surface area contributed by atoms with Crippen LogP contribution in [0.2, 0.25) is 0 Å². The fourth-order valence-electron chi connectivity index (χ4n) is 1.95. The number of carboxylic acids is 1. The Kier molecular flexibility index (Phi) is 4.05. The van der Waals surface area contributed by atoms with Crippen molar-refractivity contribution in [3.63, 3.8) is 0 Å². The number of nitrogens with zero attached hydrogens (tertiary/aromatic N) is 2. The van der Waals surface area contributed by atoms with E-state index in [1.165, 1.54) is 0 Å². The molecular formula is C13H12BrFN2O2. The number of benzene rings is 1. The van der Waals surface area contributed by atoms with Gasteiger partial charge in [-0.2, -0.15) is 5.26 Å². The molecule has 0 saturated heterocycles. The monoisotopic (exact) mass is 326 g/mol. The highest BCUT2D eigenvalue weighted by atomic mass is 79.9. The van der Waals surface area contributed by atoms with E-state index in [0.29, 0.717) is 5.69 Å². The predicted octanol–water partition coefficient (Wildman–Crippen LogP) is 2.90. The summed E-state index contributed by atoms with van der Waals surface area (Å²) in [4.78, 5) is 12.4. The molecule has 0 heterocycles. The van der Waals surface area contributed by atoms with E-state index in [1.54, 1.807) is 17.0 Å². The van der Waals surface area contributed by atoms with E-state index in [9.17, 15) is 9.18 Å². The molecule has 1 aliphatic rings. The van der Waals surface area contributed by atoms with Crippen LogP contribution in [0.15, 0.2) is 16.6 Å². The van der Waals surface area contributed by atoms with Crippen LogP contribution in [0.4, 0.5) is 10.1 Å². The van der Waals surface area contributed by atoms with Crippen LogP contribution < -0.4 is 4.90 Å². The first-order chi connectivity index (χ1) is 9.04. The Balaban J connectivity index is 2.29. The van der Waals surface area contributed by atoms with E-state index in [-0.39, 0.29) is 29.0 Å². The fourth-order valence-corrected chi connectivity index (χ4v) is 2.37. The van der Waals surface area contributed by atoms with Crippen LogP contribution in [0.3, 0.4) is 0 Å². The van der Waals surface area contributed by atoms with Gasteiger partial charge in [-0.3, -0.25) is 4.79 Å². The smallest absolute Gasteiger partial charge is 0.305 e. The SMILES string of the molecule is N#Cc1ccc(N(CCC(=O)O)C2CC2)c(F)c1Br. The molecule has 0 bridgehead atoms. The van der Waals surface area contributed by atoms with Crippen molar-refractivity contribution in [3.8, 4) is 6.07 Å². The van der Waals surface area contributed by atoms with E-state index in [1.807, 2.05) is 6.07 Å². The molecular weight excluding hydrogens is 315 g/mol. The summed E-state index contributed by atoms with van der Waals surface area (Å²) >= 11 is 3.07. The van der Waals surface area contributed by atoms with Crippen LogP contribution in [0.5, 0.6) is 0 Å². The molecule has 0 amide bonds. The average molecular weight is 327 g/mol. The largest absolute Gasteiger partial charge is 0.481 e. The minimum atomic E-state index is -0.904. The Morgan fingerprint density at radius 3 is 2.79 bits per heavy atom. The highest BCUT2D eigenvalue weighted by Crippen LogP contribution is 2.36. The highest BCUT2D eigenvalue weighted by molar-refractivity contribution is 9.10. The Bertz CT molecular complexity index is 552. The number of nitriles is 1. The number of hydrogen-bond acceptors (Lipinski definition) is 3. The normalized spacial score (nSPS) is 13.9. The maximum Gasteiger partial charge on any atom is 0.305 e. The van der Waals surface area contributed by atoms with Gasteiger partial charge in [0.2, 0.25) is 0 Å². The number of rotatable bonds is 5. The van der Waals surface area contributed by atoms with Crippen LogP contribution in [0.1, 0.15) is 24.8 Å². The van der Waals surface area contributed by atoms with Crippen molar-refractivity contribution in [2.24, 2.45) is 0 Å². The molecule has 100 valence electrons. The van der Waals surface area contributed by atoms with Gasteiger partial charge >= 0.3 is 5.97 Å². The van der Waals surface area contributed by atoms with Crippen molar-refractivity contribution in [1.29, 1.82) is 5.26 Å². The third-order valence-electron chi connectivity index (χ3n) is 3.05. The summed E-state index contributed by atoms with van der Waals surface area (Å²) in [5.74, 6) is -1.41. The van der Waals surface area contributed by atoms with Crippen LogP contribution in [0, 0.1) is 17.1 Å². The average Bonchev–Trinajstić information content (AvgIpc) is 3.19. The molecule has 4 nitrogen and oxygen atoms in total. The molecule has 0 radical (unpaired) electrons. The van der Waals surface area contributed by atoms with Crippen molar-refractivity contribution >= 4 is 27.6 Å². The Morgan fingerprint density at radius 2 is 2.26 bits per heavy atom. The Labute approximate surface area is 118 Å². The van der Waals surface area contributed by atoms with E-state index < -0.39 is 11.8 Å². The molecule has 1 N–H and O–H groups in total. The van der Waals surface area contributed by atoms with Crippen molar-refractivity contribution in [3.05, 3.63) is 28.0 Å². The summed E-state index contributed by atoms with van der Waals surface area (Å²) in [6.45, 7) is 0.273. The van der Waals surface area contributed by atoms with Gasteiger partial charge in [0.15, 0.2) is 5.82 Å². The van der Waals surface area contributed by atoms with Crippen molar-refractivity contribution < 1.29 is 14.3 Å². The van der Waals surface area contributed by atoms with Gasteiger partial charge in [-0.05, 0) is 40.9 Å². The number of hydrogen-bond donors (Lipinski definition) is 1. The molecule has 1 aliphatic carbocycles. The molecule has 2 rings (SSSR count). The number of halogens is 2. The first-order valence-corrected chi connectivity index (χ1v) is 6.70. The summed E-state index contributed by atoms with van der Waals surface area (Å²) < 4.78 is 14.4. The van der Waals surface area contributed by atoms with Crippen molar-refractivity contribution in [1.82, 2.24) is 0 Å². The zero-order valence-electron chi connectivity index (χ0n) is 10.1. The minimum absolute atomic E-state index is 0.0342.